The Balaban J connectivity index is 1.59. The highest BCUT2D eigenvalue weighted by Gasteiger charge is 2.52. The van der Waals surface area contributed by atoms with Crippen molar-refractivity contribution in [2.24, 2.45) is 0 Å². The third kappa shape index (κ3) is 3.41. The molecule has 1 N–H and O–H groups in total. The molecule has 4 aromatic rings. The largest absolute Gasteiger partial charge is 0.465 e. The van der Waals surface area contributed by atoms with E-state index in [1.54, 1.807) is 41.9 Å². The van der Waals surface area contributed by atoms with E-state index in [0.717, 1.165) is 0 Å². The number of anilines is 1. The van der Waals surface area contributed by atoms with Gasteiger partial charge >= 0.3 is 5.97 Å². The van der Waals surface area contributed by atoms with E-state index in [9.17, 15) is 14.0 Å². The van der Waals surface area contributed by atoms with Crippen molar-refractivity contribution in [3.05, 3.63) is 65.9 Å². The molecule has 1 aliphatic heterocycles. The summed E-state index contributed by atoms with van der Waals surface area (Å²) in [5.41, 5.74) is 0.736. The van der Waals surface area contributed by atoms with Crippen LogP contribution in [0.4, 0.5) is 10.1 Å². The van der Waals surface area contributed by atoms with Crippen molar-refractivity contribution in [3.8, 4) is 22.9 Å². The van der Waals surface area contributed by atoms with Gasteiger partial charge in [0.2, 0.25) is 5.91 Å². The number of carbonyl (C=O) groups excluding carboxylic acids is 2. The molecule has 11 heteroatoms. The van der Waals surface area contributed by atoms with Crippen molar-refractivity contribution in [2.75, 3.05) is 11.9 Å². The number of nitrogens with zero attached hydrogens (tertiary/aromatic N) is 5. The molecule has 3 aromatic heterocycles. The Hall–Kier alpha value is -4.41. The van der Waals surface area contributed by atoms with Crippen LogP contribution in [0.1, 0.15) is 25.1 Å². The van der Waals surface area contributed by atoms with Crippen molar-refractivity contribution in [1.29, 1.82) is 0 Å². The highest BCUT2D eigenvalue weighted by atomic mass is 19.1. The predicted molar refractivity (Wildman–Crippen MR) is 117 cm³/mol. The zero-order valence-electron chi connectivity index (χ0n) is 18.3. The second-order valence-corrected chi connectivity index (χ2v) is 7.80. The fourth-order valence-corrected chi connectivity index (χ4v) is 3.78. The van der Waals surface area contributed by atoms with Gasteiger partial charge < -0.3 is 14.6 Å². The van der Waals surface area contributed by atoms with E-state index in [-0.39, 0.29) is 30.5 Å². The first-order valence-corrected chi connectivity index (χ1v) is 10.5. The second-order valence-electron chi connectivity index (χ2n) is 7.80. The first-order chi connectivity index (χ1) is 16.4. The fourth-order valence-electron chi connectivity index (χ4n) is 3.78. The molecular weight excluding hydrogens is 443 g/mol. The molecule has 0 fully saturated rings. The molecule has 1 aromatic carbocycles. The summed E-state index contributed by atoms with van der Waals surface area (Å²) in [5.74, 6) is -1.43. The van der Waals surface area contributed by atoms with E-state index in [2.05, 4.69) is 25.5 Å². The minimum Gasteiger partial charge on any atom is -0.465 e. The number of nitrogens with one attached hydrogen (secondary N) is 1. The Morgan fingerprint density at radius 3 is 2.82 bits per heavy atom. The van der Waals surface area contributed by atoms with Gasteiger partial charge in [0.05, 0.1) is 36.4 Å². The second kappa shape index (κ2) is 8.18. The van der Waals surface area contributed by atoms with E-state index < -0.39 is 17.3 Å². The van der Waals surface area contributed by atoms with Crippen molar-refractivity contribution in [2.45, 2.75) is 25.8 Å². The molecule has 34 heavy (non-hydrogen) atoms. The molecule has 0 spiro atoms. The summed E-state index contributed by atoms with van der Waals surface area (Å²) >= 11 is 0. The van der Waals surface area contributed by atoms with Gasteiger partial charge in [-0.3, -0.25) is 14.3 Å². The molecule has 10 nitrogen and oxygen atoms in total. The van der Waals surface area contributed by atoms with Gasteiger partial charge in [-0.15, -0.1) is 0 Å². The summed E-state index contributed by atoms with van der Waals surface area (Å²) in [7, 11) is 0. The molecule has 172 valence electrons. The lowest BCUT2D eigenvalue weighted by atomic mass is 9.88. The van der Waals surface area contributed by atoms with Crippen molar-refractivity contribution in [1.82, 2.24) is 24.9 Å². The summed E-state index contributed by atoms with van der Waals surface area (Å²) < 4.78 is 26.0. The van der Waals surface area contributed by atoms with Gasteiger partial charge in [-0.25, -0.2) is 14.4 Å². The van der Waals surface area contributed by atoms with E-state index in [4.69, 9.17) is 9.26 Å². The fraction of sp³-hybridized carbons (Fsp3) is 0.217. The topological polar surface area (TPSA) is 125 Å². The monoisotopic (exact) mass is 462 g/mol. The SMILES string of the molecule is CCOC(=O)C1(C)C(=O)Nc2cnc(-c3cc(-c4ccon4)n(Cc4ccccc4F)n3)nc21. The number of halogens is 1. The summed E-state index contributed by atoms with van der Waals surface area (Å²) in [5, 5.41) is 11.2. The zero-order valence-corrected chi connectivity index (χ0v) is 18.3. The molecule has 0 saturated heterocycles. The number of amides is 1. The summed E-state index contributed by atoms with van der Waals surface area (Å²) in [4.78, 5) is 34.0. The van der Waals surface area contributed by atoms with Crippen LogP contribution in [0.25, 0.3) is 22.9 Å². The molecule has 0 saturated carbocycles. The van der Waals surface area contributed by atoms with Gasteiger partial charge in [0.15, 0.2) is 11.2 Å². The van der Waals surface area contributed by atoms with Crippen LogP contribution in [0.3, 0.4) is 0 Å². The number of rotatable bonds is 6. The lowest BCUT2D eigenvalue weighted by Crippen LogP contribution is -2.41. The third-order valence-electron chi connectivity index (χ3n) is 5.64. The molecule has 1 atom stereocenters. The summed E-state index contributed by atoms with van der Waals surface area (Å²) in [6.07, 6.45) is 2.84. The molecule has 0 bridgehead atoms. The number of carbonyl (C=O) groups is 2. The molecule has 4 heterocycles. The van der Waals surface area contributed by atoms with Crippen LogP contribution in [0.2, 0.25) is 0 Å². The molecule has 0 radical (unpaired) electrons. The van der Waals surface area contributed by atoms with Gasteiger partial charge in [0.1, 0.15) is 23.5 Å². The highest BCUT2D eigenvalue weighted by molar-refractivity contribution is 6.18. The van der Waals surface area contributed by atoms with Crippen molar-refractivity contribution < 1.29 is 23.2 Å². The van der Waals surface area contributed by atoms with E-state index in [0.29, 0.717) is 28.3 Å². The number of ether oxygens (including phenoxy) is 1. The van der Waals surface area contributed by atoms with E-state index >= 15 is 0 Å². The lowest BCUT2D eigenvalue weighted by molar-refractivity contribution is -0.152. The normalized spacial score (nSPS) is 16.9. The van der Waals surface area contributed by atoms with Crippen LogP contribution in [0, 0.1) is 5.82 Å². The first kappa shape index (κ1) is 21.4. The smallest absolute Gasteiger partial charge is 0.327 e. The number of hydrogen-bond donors (Lipinski definition) is 1. The van der Waals surface area contributed by atoms with Crippen LogP contribution in [-0.2, 0) is 26.3 Å². The van der Waals surface area contributed by atoms with Crippen molar-refractivity contribution >= 4 is 17.6 Å². The highest BCUT2D eigenvalue weighted by Crippen LogP contribution is 2.38. The average Bonchev–Trinajstić information content (AvgIpc) is 3.55. The van der Waals surface area contributed by atoms with Gasteiger partial charge in [-0.2, -0.15) is 5.10 Å². The van der Waals surface area contributed by atoms with Gasteiger partial charge in [-0.1, -0.05) is 23.4 Å². The number of aromatic nitrogens is 5. The Bertz CT molecular complexity index is 1400. The number of benzene rings is 1. The predicted octanol–water partition coefficient (Wildman–Crippen LogP) is 2.96. The maximum absolute atomic E-state index is 14.3. The Kier molecular flexibility index (Phi) is 5.16. The molecular formula is C23H19FN6O4. The van der Waals surface area contributed by atoms with Crippen LogP contribution in [0.15, 0.2) is 53.4 Å². The Morgan fingerprint density at radius 1 is 1.26 bits per heavy atom. The Morgan fingerprint density at radius 2 is 2.09 bits per heavy atom. The minimum absolute atomic E-state index is 0.122. The van der Waals surface area contributed by atoms with Crippen LogP contribution in [-0.4, -0.2) is 43.4 Å². The first-order valence-electron chi connectivity index (χ1n) is 10.5. The molecule has 0 aliphatic carbocycles. The number of hydrogen-bond acceptors (Lipinski definition) is 8. The van der Waals surface area contributed by atoms with Gasteiger partial charge in [0.25, 0.3) is 0 Å². The minimum atomic E-state index is -1.62. The maximum Gasteiger partial charge on any atom is 0.327 e. The number of esters is 1. The molecule has 1 unspecified atom stereocenters. The zero-order chi connectivity index (χ0) is 23.9. The molecule has 1 amide bonds. The van der Waals surface area contributed by atoms with E-state index in [1.807, 2.05) is 0 Å². The average molecular weight is 462 g/mol. The van der Waals surface area contributed by atoms with E-state index in [1.165, 1.54) is 25.5 Å². The summed E-state index contributed by atoms with van der Waals surface area (Å²) in [6.45, 7) is 3.37. The summed E-state index contributed by atoms with van der Waals surface area (Å²) in [6, 6.07) is 9.73. The quantitative estimate of drug-likeness (QED) is 0.343. The van der Waals surface area contributed by atoms with Crippen LogP contribution in [0.5, 0.6) is 0 Å². The van der Waals surface area contributed by atoms with Gasteiger partial charge in [-0.05, 0) is 26.0 Å². The van der Waals surface area contributed by atoms with Crippen LogP contribution < -0.4 is 5.32 Å². The lowest BCUT2D eigenvalue weighted by Gasteiger charge is -2.18. The van der Waals surface area contributed by atoms with Gasteiger partial charge in [0, 0.05) is 11.6 Å². The maximum atomic E-state index is 14.3. The third-order valence-corrected chi connectivity index (χ3v) is 5.64. The standard InChI is InChI=1S/C23H19FN6O4/c1-3-33-22(32)23(2)19-17(26-21(23)31)11-25-20(27-19)16-10-18(15-8-9-34-29-15)30(28-16)12-13-6-4-5-7-14(13)24/h4-11H,3,12H2,1-2H3,(H,26,31). The number of fused-ring (bicyclic) bond motifs is 1. The molecule has 1 aliphatic rings. The molecule has 5 rings (SSSR count). The van der Waals surface area contributed by atoms with Crippen molar-refractivity contribution in [3.63, 3.8) is 0 Å². The van der Waals surface area contributed by atoms with Crippen LogP contribution >= 0.6 is 0 Å². The Labute approximate surface area is 192 Å².